The van der Waals surface area contributed by atoms with E-state index in [1.165, 1.54) is 29.4 Å². The topological polar surface area (TPSA) is 156 Å². The van der Waals surface area contributed by atoms with Gasteiger partial charge in [0, 0.05) is 29.6 Å². The van der Waals surface area contributed by atoms with Gasteiger partial charge in [-0.1, -0.05) is 36.4 Å². The highest BCUT2D eigenvalue weighted by atomic mass is 32.1. The Morgan fingerprint density at radius 1 is 0.759 bits per heavy atom. The second-order valence-electron chi connectivity index (χ2n) is 14.7. The van der Waals surface area contributed by atoms with Crippen molar-refractivity contribution in [2.24, 2.45) is 5.73 Å². The predicted octanol–water partition coefficient (Wildman–Crippen LogP) is 10.6. The zero-order valence-corrected chi connectivity index (χ0v) is 34.7. The van der Waals surface area contributed by atoms with Crippen molar-refractivity contribution >= 4 is 28.8 Å². The number of methoxy groups -OCH3 is 1. The molecular weight excluding hydrogens is 765 g/mol. The zero-order valence-electron chi connectivity index (χ0n) is 33.0. The summed E-state index contributed by atoms with van der Waals surface area (Å²) in [6.45, 7) is 7.77. The van der Waals surface area contributed by atoms with Gasteiger partial charge in [-0.05, 0) is 123 Å². The molecule has 0 radical (unpaired) electrons. The number of carbonyl (C=O) groups is 1. The van der Waals surface area contributed by atoms with Crippen LogP contribution in [-0.2, 0) is 17.6 Å². The molecule has 2 aliphatic carbocycles. The van der Waals surface area contributed by atoms with E-state index in [-0.39, 0.29) is 24.3 Å². The highest BCUT2D eigenvalue weighted by Crippen LogP contribution is 2.42. The number of carbonyl (C=O) groups excluding carboxylic acids is 1. The van der Waals surface area contributed by atoms with Crippen LogP contribution in [0.15, 0.2) is 85.2 Å². The number of alkyl carbamates (subject to hydrolysis) is 1. The molecule has 0 fully saturated rings. The van der Waals surface area contributed by atoms with Crippen LogP contribution in [0.5, 0.6) is 11.5 Å². The Labute approximate surface area is 346 Å². The summed E-state index contributed by atoms with van der Waals surface area (Å²) in [6.07, 6.45) is 7.15. The number of fused-ring (bicyclic) bond motifs is 2. The molecule has 0 spiro atoms. The number of aromatic nitrogens is 2. The second-order valence-corrected chi connectivity index (χ2v) is 16.7. The maximum Gasteiger partial charge on any atom is 0.407 e. The fourth-order valence-electron chi connectivity index (χ4n) is 7.43. The molecule has 2 atom stereocenters. The smallest absolute Gasteiger partial charge is 0.407 e. The van der Waals surface area contributed by atoms with Crippen molar-refractivity contribution in [3.8, 4) is 65.7 Å². The lowest BCUT2D eigenvalue weighted by Crippen LogP contribution is -2.26. The quantitative estimate of drug-likeness (QED) is 0.145. The average Bonchev–Trinajstić information content (AvgIpc) is 4.06. The number of nitrogens with zero attached hydrogens (tertiary/aromatic N) is 4. The molecule has 2 aromatic heterocycles. The Morgan fingerprint density at radius 2 is 1.26 bits per heavy atom. The Hall–Kier alpha value is -6.05. The van der Waals surface area contributed by atoms with Crippen LogP contribution in [0.1, 0.15) is 86.0 Å². The van der Waals surface area contributed by atoms with E-state index >= 15 is 0 Å². The minimum atomic E-state index is -0.415. The van der Waals surface area contributed by atoms with E-state index in [0.29, 0.717) is 22.6 Å². The lowest BCUT2D eigenvalue weighted by atomic mass is 10.0. The molecular formula is C46H44N6O4S2. The first-order valence-corrected chi connectivity index (χ1v) is 20.9. The molecule has 1 amide bonds. The third kappa shape index (κ3) is 8.60. The van der Waals surface area contributed by atoms with Crippen LogP contribution in [-0.4, -0.2) is 35.4 Å². The Balaban J connectivity index is 0.000000178. The normalized spacial score (nSPS) is 15.1. The van der Waals surface area contributed by atoms with Crippen LogP contribution in [0.4, 0.5) is 4.79 Å². The van der Waals surface area contributed by atoms with E-state index in [9.17, 15) is 15.3 Å². The molecule has 10 nitrogen and oxygen atoms in total. The van der Waals surface area contributed by atoms with Gasteiger partial charge >= 0.3 is 6.09 Å². The largest absolute Gasteiger partial charge is 0.490 e. The molecule has 0 unspecified atom stereocenters. The van der Waals surface area contributed by atoms with Crippen molar-refractivity contribution in [1.29, 1.82) is 10.5 Å². The van der Waals surface area contributed by atoms with Gasteiger partial charge in [-0.2, -0.15) is 10.5 Å². The van der Waals surface area contributed by atoms with Crippen LogP contribution in [0, 0.1) is 22.7 Å². The molecule has 4 aromatic carbocycles. The van der Waals surface area contributed by atoms with Gasteiger partial charge in [0.1, 0.15) is 33.7 Å². The van der Waals surface area contributed by atoms with E-state index in [0.717, 1.165) is 67.7 Å². The maximum atomic E-state index is 11.7. The number of rotatable bonds is 9. The summed E-state index contributed by atoms with van der Waals surface area (Å²) in [5.41, 5.74) is 16.4. The molecule has 3 N–H and O–H groups in total. The number of ether oxygens (including phenoxy) is 3. The fourth-order valence-corrected chi connectivity index (χ4v) is 9.36. The molecule has 0 aliphatic heterocycles. The fraction of sp³-hybridized carbons (Fsp3) is 0.283. The number of nitrogens with one attached hydrogen (secondary N) is 1. The minimum absolute atomic E-state index is 0.00193. The molecule has 6 aromatic rings. The van der Waals surface area contributed by atoms with E-state index in [1.807, 2.05) is 82.6 Å². The lowest BCUT2D eigenvalue weighted by Gasteiger charge is -2.13. The Morgan fingerprint density at radius 3 is 1.76 bits per heavy atom. The summed E-state index contributed by atoms with van der Waals surface area (Å²) in [5, 5.41) is 23.6. The van der Waals surface area contributed by atoms with Crippen LogP contribution in [0.25, 0.3) is 42.0 Å². The molecule has 0 saturated carbocycles. The number of amides is 1. The monoisotopic (exact) mass is 808 g/mol. The number of hydrogen-bond acceptors (Lipinski definition) is 11. The number of nitrogens with two attached hydrogens (primary N) is 1. The van der Waals surface area contributed by atoms with Gasteiger partial charge in [0.15, 0.2) is 0 Å². The van der Waals surface area contributed by atoms with Gasteiger partial charge in [-0.25, -0.2) is 14.8 Å². The third-order valence-corrected chi connectivity index (χ3v) is 12.2. The summed E-state index contributed by atoms with van der Waals surface area (Å²) in [5.74, 6) is 1.20. The van der Waals surface area contributed by atoms with Crippen molar-refractivity contribution in [3.05, 3.63) is 119 Å². The summed E-state index contributed by atoms with van der Waals surface area (Å²) >= 11 is 3.23. The predicted molar refractivity (Wildman–Crippen MR) is 229 cm³/mol. The van der Waals surface area contributed by atoms with Gasteiger partial charge in [-0.15, -0.1) is 22.7 Å². The van der Waals surface area contributed by atoms with Crippen LogP contribution in [0.2, 0.25) is 0 Å². The van der Waals surface area contributed by atoms with Crippen molar-refractivity contribution < 1.29 is 19.0 Å². The third-order valence-electron chi connectivity index (χ3n) is 10.0. The summed E-state index contributed by atoms with van der Waals surface area (Å²) in [6, 6.07) is 28.3. The number of hydrogen-bond donors (Lipinski definition) is 2. The Kier molecular flexibility index (Phi) is 12.2. The van der Waals surface area contributed by atoms with Gasteiger partial charge in [0.05, 0.1) is 46.2 Å². The van der Waals surface area contributed by atoms with Crippen molar-refractivity contribution in [2.45, 2.75) is 77.7 Å². The van der Waals surface area contributed by atoms with Crippen molar-refractivity contribution in [1.82, 2.24) is 15.3 Å². The van der Waals surface area contributed by atoms with Gasteiger partial charge < -0.3 is 25.3 Å². The number of thiazole rings is 2. The SMILES string of the molecule is CC(C)Oc1ccc(-c2ncc(-c3cccc4c3CC[C@@H]4N)s2)cc1C#N.COC(=O)N[C@H]1CCc2c(-c3cnc(-c4ccc(OC(C)C)c(C#N)c4)s3)cccc21. The van der Waals surface area contributed by atoms with Crippen LogP contribution in [0.3, 0.4) is 0 Å². The average molecular weight is 809 g/mol. The van der Waals surface area contributed by atoms with Gasteiger partial charge in [-0.3, -0.25) is 0 Å². The van der Waals surface area contributed by atoms with E-state index < -0.39 is 6.09 Å². The molecule has 58 heavy (non-hydrogen) atoms. The maximum absolute atomic E-state index is 11.7. The zero-order chi connectivity index (χ0) is 40.9. The molecule has 8 rings (SSSR count). The summed E-state index contributed by atoms with van der Waals surface area (Å²) in [4.78, 5) is 23.1. The first-order valence-electron chi connectivity index (χ1n) is 19.2. The standard InChI is InChI=1S/C24H23N3O3S.C22H21N3OS/c1-14(2)30-21-10-7-15(11-16(21)12-25)23-26-13-22(31-23)19-6-4-5-18-17(19)8-9-20(18)27-24(28)29-3;1-13(2)26-20-9-6-14(10-15(20)11-23)22-25-12-21(27-22)18-5-3-4-17-16(18)7-8-19(17)24/h4-7,10-11,13-14,20H,8-9H2,1-3H3,(H,27,28);3-6,9-10,12-13,19H,7-8,24H2,1-2H3/t20-;19-/m00/s1. The molecule has 0 saturated heterocycles. The van der Waals surface area contributed by atoms with E-state index in [1.54, 1.807) is 22.7 Å². The molecule has 0 bridgehead atoms. The van der Waals surface area contributed by atoms with E-state index in [4.69, 9.17) is 19.9 Å². The summed E-state index contributed by atoms with van der Waals surface area (Å²) in [7, 11) is 1.37. The highest BCUT2D eigenvalue weighted by Gasteiger charge is 2.27. The van der Waals surface area contributed by atoms with Crippen molar-refractivity contribution in [2.75, 3.05) is 7.11 Å². The molecule has 294 valence electrons. The van der Waals surface area contributed by atoms with Crippen LogP contribution < -0.4 is 20.5 Å². The number of benzene rings is 4. The molecule has 2 aliphatic rings. The number of nitriles is 2. The highest BCUT2D eigenvalue weighted by molar-refractivity contribution is 7.18. The van der Waals surface area contributed by atoms with E-state index in [2.05, 4.69) is 57.8 Å². The minimum Gasteiger partial charge on any atom is -0.490 e. The first-order chi connectivity index (χ1) is 28.1. The lowest BCUT2D eigenvalue weighted by molar-refractivity contribution is 0.166. The van der Waals surface area contributed by atoms with Crippen molar-refractivity contribution in [3.63, 3.8) is 0 Å². The Bertz CT molecular complexity index is 2550. The second kappa shape index (κ2) is 17.6. The molecule has 12 heteroatoms. The van der Waals surface area contributed by atoms with Gasteiger partial charge in [0.25, 0.3) is 0 Å². The van der Waals surface area contributed by atoms with Gasteiger partial charge in [0.2, 0.25) is 0 Å². The molecule has 2 heterocycles. The summed E-state index contributed by atoms with van der Waals surface area (Å²) < 4.78 is 16.2. The van der Waals surface area contributed by atoms with Crippen LogP contribution >= 0.6 is 22.7 Å². The first kappa shape index (κ1) is 40.2.